The average Bonchev–Trinajstić information content (AvgIpc) is 2.60. The predicted molar refractivity (Wildman–Crippen MR) is 96.7 cm³/mol. The Morgan fingerprint density at radius 3 is 2.79 bits per heavy atom. The summed E-state index contributed by atoms with van der Waals surface area (Å²) in [6.45, 7) is 8.89. The van der Waals surface area contributed by atoms with Crippen LogP contribution in [0.4, 0.5) is 4.79 Å². The van der Waals surface area contributed by atoms with E-state index in [4.69, 9.17) is 10.5 Å². The summed E-state index contributed by atoms with van der Waals surface area (Å²) in [6, 6.07) is 10.3. The van der Waals surface area contributed by atoms with Gasteiger partial charge >= 0.3 is 6.09 Å². The highest BCUT2D eigenvalue weighted by Gasteiger charge is 2.26. The molecule has 1 amide bonds. The molecule has 1 saturated heterocycles. The largest absolute Gasteiger partial charge is 0.445 e. The summed E-state index contributed by atoms with van der Waals surface area (Å²) in [7, 11) is 0. The van der Waals surface area contributed by atoms with Crippen molar-refractivity contribution < 1.29 is 9.53 Å². The second kappa shape index (κ2) is 9.64. The van der Waals surface area contributed by atoms with E-state index in [9.17, 15) is 4.79 Å². The lowest BCUT2D eigenvalue weighted by atomic mass is 9.97. The molecule has 1 fully saturated rings. The normalized spacial score (nSPS) is 18.2. The van der Waals surface area contributed by atoms with E-state index < -0.39 is 0 Å². The first-order chi connectivity index (χ1) is 11.6. The van der Waals surface area contributed by atoms with Crippen molar-refractivity contribution in [1.82, 2.24) is 9.80 Å². The van der Waals surface area contributed by atoms with Gasteiger partial charge in [-0.2, -0.15) is 0 Å². The van der Waals surface area contributed by atoms with Gasteiger partial charge in [0.2, 0.25) is 0 Å². The summed E-state index contributed by atoms with van der Waals surface area (Å²) >= 11 is 0. The molecule has 1 unspecified atom stereocenters. The Bertz CT molecular complexity index is 493. The van der Waals surface area contributed by atoms with Crippen molar-refractivity contribution in [3.8, 4) is 0 Å². The van der Waals surface area contributed by atoms with Crippen molar-refractivity contribution in [2.45, 2.75) is 39.3 Å². The Kier molecular flexibility index (Phi) is 7.53. The van der Waals surface area contributed by atoms with E-state index in [0.29, 0.717) is 25.1 Å². The molecule has 0 radical (unpaired) electrons. The van der Waals surface area contributed by atoms with Crippen molar-refractivity contribution in [2.75, 3.05) is 32.7 Å². The van der Waals surface area contributed by atoms with E-state index in [1.807, 2.05) is 35.2 Å². The van der Waals surface area contributed by atoms with Crippen LogP contribution < -0.4 is 5.73 Å². The average molecular weight is 333 g/mol. The van der Waals surface area contributed by atoms with Gasteiger partial charge < -0.3 is 15.4 Å². The van der Waals surface area contributed by atoms with E-state index in [0.717, 1.165) is 44.6 Å². The fourth-order valence-electron chi connectivity index (χ4n) is 3.25. The highest BCUT2D eigenvalue weighted by molar-refractivity contribution is 5.67. The van der Waals surface area contributed by atoms with Gasteiger partial charge in [0.25, 0.3) is 0 Å². The molecular formula is C19H31N3O2. The van der Waals surface area contributed by atoms with Crippen LogP contribution in [0.25, 0.3) is 0 Å². The third-order valence-electron chi connectivity index (χ3n) is 4.62. The first-order valence-corrected chi connectivity index (χ1v) is 9.00. The highest BCUT2D eigenvalue weighted by Crippen LogP contribution is 2.19. The molecule has 0 spiro atoms. The van der Waals surface area contributed by atoms with Crippen molar-refractivity contribution in [2.24, 2.45) is 11.7 Å². The van der Waals surface area contributed by atoms with Crippen LogP contribution in [0.3, 0.4) is 0 Å². The minimum atomic E-state index is -0.196. The first kappa shape index (κ1) is 18.7. The van der Waals surface area contributed by atoms with Gasteiger partial charge in [-0.1, -0.05) is 30.3 Å². The van der Waals surface area contributed by atoms with Crippen LogP contribution in [0.1, 0.15) is 32.3 Å². The molecule has 1 aliphatic rings. The molecule has 5 heteroatoms. The molecular weight excluding hydrogens is 302 g/mol. The summed E-state index contributed by atoms with van der Waals surface area (Å²) in [6.07, 6.45) is 2.01. The van der Waals surface area contributed by atoms with Crippen LogP contribution in [0.15, 0.2) is 30.3 Å². The van der Waals surface area contributed by atoms with Crippen molar-refractivity contribution >= 4 is 6.09 Å². The molecule has 24 heavy (non-hydrogen) atoms. The maximum absolute atomic E-state index is 12.3. The minimum Gasteiger partial charge on any atom is -0.445 e. The number of carbonyl (C=O) groups excluding carboxylic acids is 1. The predicted octanol–water partition coefficient (Wildman–Crippen LogP) is 2.70. The van der Waals surface area contributed by atoms with Gasteiger partial charge in [-0.3, -0.25) is 4.90 Å². The molecule has 1 aliphatic heterocycles. The van der Waals surface area contributed by atoms with Gasteiger partial charge in [0.05, 0.1) is 0 Å². The monoisotopic (exact) mass is 333 g/mol. The Morgan fingerprint density at radius 2 is 2.12 bits per heavy atom. The van der Waals surface area contributed by atoms with Crippen LogP contribution in [0.5, 0.6) is 0 Å². The zero-order chi connectivity index (χ0) is 17.4. The number of likely N-dealkylation sites (tertiary alicyclic amines) is 1. The SMILES string of the molecule is CC(C)N(CCN)CC1CCCN(C(=O)OCc2ccccc2)C1. The van der Waals surface area contributed by atoms with E-state index >= 15 is 0 Å². The number of ether oxygens (including phenoxy) is 1. The van der Waals surface area contributed by atoms with E-state index in [1.165, 1.54) is 0 Å². The maximum Gasteiger partial charge on any atom is 0.410 e. The topological polar surface area (TPSA) is 58.8 Å². The molecule has 134 valence electrons. The minimum absolute atomic E-state index is 0.196. The van der Waals surface area contributed by atoms with Crippen LogP contribution in [-0.4, -0.2) is 54.7 Å². The van der Waals surface area contributed by atoms with E-state index in [1.54, 1.807) is 0 Å². The molecule has 2 N–H and O–H groups in total. The summed E-state index contributed by atoms with van der Waals surface area (Å²) < 4.78 is 5.47. The third-order valence-corrected chi connectivity index (χ3v) is 4.62. The molecule has 0 aliphatic carbocycles. The van der Waals surface area contributed by atoms with Gasteiger partial charge in [-0.05, 0) is 38.2 Å². The van der Waals surface area contributed by atoms with Crippen LogP contribution in [0.2, 0.25) is 0 Å². The number of hydrogen-bond donors (Lipinski definition) is 1. The van der Waals surface area contributed by atoms with E-state index in [-0.39, 0.29) is 6.09 Å². The number of benzene rings is 1. The van der Waals surface area contributed by atoms with E-state index in [2.05, 4.69) is 18.7 Å². The first-order valence-electron chi connectivity index (χ1n) is 9.00. The molecule has 1 atom stereocenters. The third kappa shape index (κ3) is 5.80. The van der Waals surface area contributed by atoms with Crippen LogP contribution in [-0.2, 0) is 11.3 Å². The van der Waals surface area contributed by atoms with Crippen molar-refractivity contribution in [3.05, 3.63) is 35.9 Å². The maximum atomic E-state index is 12.3. The second-order valence-electron chi connectivity index (χ2n) is 6.87. The number of nitrogens with zero attached hydrogens (tertiary/aromatic N) is 2. The van der Waals surface area contributed by atoms with Crippen molar-refractivity contribution in [1.29, 1.82) is 0 Å². The van der Waals surface area contributed by atoms with Crippen molar-refractivity contribution in [3.63, 3.8) is 0 Å². The summed E-state index contributed by atoms with van der Waals surface area (Å²) in [5.74, 6) is 0.497. The number of amides is 1. The molecule has 0 aromatic heterocycles. The number of piperidine rings is 1. The lowest BCUT2D eigenvalue weighted by Gasteiger charge is -2.36. The Hall–Kier alpha value is -1.59. The molecule has 1 heterocycles. The zero-order valence-electron chi connectivity index (χ0n) is 15.0. The summed E-state index contributed by atoms with van der Waals surface area (Å²) in [4.78, 5) is 16.6. The molecule has 0 bridgehead atoms. The van der Waals surface area contributed by atoms with Gasteiger partial charge in [0.1, 0.15) is 6.61 Å². The number of hydrogen-bond acceptors (Lipinski definition) is 4. The molecule has 5 nitrogen and oxygen atoms in total. The highest BCUT2D eigenvalue weighted by atomic mass is 16.6. The number of nitrogens with two attached hydrogens (primary N) is 1. The molecule has 1 aromatic carbocycles. The quantitative estimate of drug-likeness (QED) is 0.833. The summed E-state index contributed by atoms with van der Waals surface area (Å²) in [5.41, 5.74) is 6.74. The fourth-order valence-corrected chi connectivity index (χ4v) is 3.25. The molecule has 2 rings (SSSR count). The standard InChI is InChI=1S/C19H31N3O2/c1-16(2)21(12-10-20)13-18-9-6-11-22(14-18)19(23)24-15-17-7-4-3-5-8-17/h3-5,7-8,16,18H,6,9-15,20H2,1-2H3. The molecule has 0 saturated carbocycles. The van der Waals surface area contributed by atoms with Crippen LogP contribution in [0, 0.1) is 5.92 Å². The lowest BCUT2D eigenvalue weighted by Crippen LogP contribution is -2.46. The smallest absolute Gasteiger partial charge is 0.410 e. The van der Waals surface area contributed by atoms with Gasteiger partial charge in [-0.25, -0.2) is 4.79 Å². The fraction of sp³-hybridized carbons (Fsp3) is 0.632. The Labute approximate surface area is 145 Å². The molecule has 1 aromatic rings. The number of rotatable bonds is 7. The zero-order valence-corrected chi connectivity index (χ0v) is 15.0. The van der Waals surface area contributed by atoms with Gasteiger partial charge in [-0.15, -0.1) is 0 Å². The summed E-state index contributed by atoms with van der Waals surface area (Å²) in [5, 5.41) is 0. The lowest BCUT2D eigenvalue weighted by molar-refractivity contribution is 0.0696. The second-order valence-corrected chi connectivity index (χ2v) is 6.87. The Balaban J connectivity index is 1.82. The number of carbonyl (C=O) groups is 1. The van der Waals surface area contributed by atoms with Gasteiger partial charge in [0.15, 0.2) is 0 Å². The van der Waals surface area contributed by atoms with Gasteiger partial charge in [0, 0.05) is 38.8 Å². The van der Waals surface area contributed by atoms with Crippen LogP contribution >= 0.6 is 0 Å². The Morgan fingerprint density at radius 1 is 1.38 bits per heavy atom.